The summed E-state index contributed by atoms with van der Waals surface area (Å²) >= 11 is 0. The van der Waals surface area contributed by atoms with E-state index in [1.807, 2.05) is 31.2 Å². The van der Waals surface area contributed by atoms with Crippen molar-refractivity contribution in [2.45, 2.75) is 13.8 Å². The Balaban J connectivity index is 0.00000361. The lowest BCUT2D eigenvalue weighted by atomic mass is 10.2. The molecule has 20 heavy (non-hydrogen) atoms. The van der Waals surface area contributed by atoms with Gasteiger partial charge in [-0.2, -0.15) is 0 Å². The molecule has 0 heterocycles. The maximum atomic E-state index is 5.61. The van der Waals surface area contributed by atoms with Gasteiger partial charge in [-0.15, -0.1) is 30.6 Å². The molecule has 5 heteroatoms. The average molecular weight is 389 g/mol. The van der Waals surface area contributed by atoms with Crippen molar-refractivity contribution < 1.29 is 4.74 Å². The largest absolute Gasteiger partial charge is 0.492 e. The Bertz CT molecular complexity index is 404. The highest BCUT2D eigenvalue weighted by Crippen LogP contribution is 2.10. The van der Waals surface area contributed by atoms with Gasteiger partial charge in [-0.25, -0.2) is 4.99 Å². The van der Waals surface area contributed by atoms with E-state index in [-0.39, 0.29) is 24.0 Å². The van der Waals surface area contributed by atoms with E-state index in [2.05, 4.69) is 29.1 Å². The molecule has 0 bridgehead atoms. The van der Waals surface area contributed by atoms with Gasteiger partial charge < -0.3 is 15.4 Å². The molecule has 0 unspecified atom stereocenters. The molecular formula is C15H24IN3O. The van der Waals surface area contributed by atoms with E-state index in [1.54, 1.807) is 6.08 Å². The summed E-state index contributed by atoms with van der Waals surface area (Å²) in [6, 6.07) is 8.02. The van der Waals surface area contributed by atoms with Gasteiger partial charge in [-0.05, 0) is 26.0 Å². The number of aryl methyl sites for hydroxylation is 1. The molecule has 0 atom stereocenters. The fourth-order valence-electron chi connectivity index (χ4n) is 1.47. The highest BCUT2D eigenvalue weighted by molar-refractivity contribution is 14.0. The van der Waals surface area contributed by atoms with Gasteiger partial charge in [0.25, 0.3) is 0 Å². The van der Waals surface area contributed by atoms with Crippen LogP contribution in [0.3, 0.4) is 0 Å². The van der Waals surface area contributed by atoms with Crippen molar-refractivity contribution in [1.29, 1.82) is 0 Å². The maximum absolute atomic E-state index is 5.61. The Morgan fingerprint density at radius 3 is 2.60 bits per heavy atom. The van der Waals surface area contributed by atoms with Gasteiger partial charge in [0.05, 0.1) is 6.54 Å². The van der Waals surface area contributed by atoms with E-state index >= 15 is 0 Å². The van der Waals surface area contributed by atoms with Crippen LogP contribution in [-0.2, 0) is 0 Å². The van der Waals surface area contributed by atoms with Gasteiger partial charge in [-0.1, -0.05) is 23.8 Å². The van der Waals surface area contributed by atoms with E-state index in [0.29, 0.717) is 19.7 Å². The molecule has 2 N–H and O–H groups in total. The predicted octanol–water partition coefficient (Wildman–Crippen LogP) is 2.73. The number of hydrogen-bond acceptors (Lipinski definition) is 2. The minimum absolute atomic E-state index is 0. The average Bonchev–Trinajstić information content (AvgIpc) is 2.42. The number of aliphatic imine (C=N–C) groups is 1. The third kappa shape index (κ3) is 8.04. The van der Waals surface area contributed by atoms with Gasteiger partial charge in [0.1, 0.15) is 12.4 Å². The molecule has 0 amide bonds. The first kappa shape index (κ1) is 18.8. The van der Waals surface area contributed by atoms with Crippen molar-refractivity contribution in [1.82, 2.24) is 10.6 Å². The number of halogens is 1. The summed E-state index contributed by atoms with van der Waals surface area (Å²) in [5.41, 5.74) is 1.23. The molecule has 0 saturated heterocycles. The second-order valence-electron chi connectivity index (χ2n) is 4.09. The molecule has 1 aromatic carbocycles. The fourth-order valence-corrected chi connectivity index (χ4v) is 1.47. The molecule has 0 aromatic heterocycles. The molecule has 112 valence electrons. The number of nitrogens with zero attached hydrogens (tertiary/aromatic N) is 1. The number of rotatable bonds is 7. The van der Waals surface area contributed by atoms with Crippen molar-refractivity contribution in [2.75, 3.05) is 26.2 Å². The second-order valence-corrected chi connectivity index (χ2v) is 4.09. The second kappa shape index (κ2) is 11.6. The van der Waals surface area contributed by atoms with Gasteiger partial charge in [0.2, 0.25) is 0 Å². The van der Waals surface area contributed by atoms with Crippen molar-refractivity contribution in [3.8, 4) is 5.75 Å². The molecule has 0 saturated carbocycles. The van der Waals surface area contributed by atoms with Crippen molar-refractivity contribution in [3.05, 3.63) is 42.5 Å². The summed E-state index contributed by atoms with van der Waals surface area (Å²) in [6.07, 6.45) is 1.80. The molecule has 0 spiro atoms. The minimum atomic E-state index is 0. The zero-order valence-corrected chi connectivity index (χ0v) is 14.5. The lowest BCUT2D eigenvalue weighted by molar-refractivity contribution is 0.328. The Kier molecular flexibility index (Phi) is 10.9. The van der Waals surface area contributed by atoms with E-state index in [0.717, 1.165) is 18.3 Å². The van der Waals surface area contributed by atoms with Crippen LogP contribution in [0, 0.1) is 6.92 Å². The van der Waals surface area contributed by atoms with Gasteiger partial charge in [0, 0.05) is 13.1 Å². The van der Waals surface area contributed by atoms with Gasteiger partial charge in [-0.3, -0.25) is 0 Å². The predicted molar refractivity (Wildman–Crippen MR) is 96.3 cm³/mol. The Labute approximate surface area is 138 Å². The number of nitrogens with one attached hydrogen (secondary N) is 2. The van der Waals surface area contributed by atoms with Crippen LogP contribution in [-0.4, -0.2) is 32.2 Å². The summed E-state index contributed by atoms with van der Waals surface area (Å²) in [7, 11) is 0. The highest BCUT2D eigenvalue weighted by atomic mass is 127. The molecule has 0 radical (unpaired) electrons. The zero-order valence-electron chi connectivity index (χ0n) is 12.2. The van der Waals surface area contributed by atoms with Crippen LogP contribution >= 0.6 is 24.0 Å². The Hall–Kier alpha value is -1.24. The SMILES string of the molecule is C=CCNC(=NCCOc1ccc(C)cc1)NCC.I. The number of ether oxygens (including phenoxy) is 1. The molecule has 1 aromatic rings. The summed E-state index contributed by atoms with van der Waals surface area (Å²) < 4.78 is 5.61. The number of guanidine groups is 1. The van der Waals surface area contributed by atoms with Crippen molar-refractivity contribution >= 4 is 29.9 Å². The van der Waals surface area contributed by atoms with E-state index < -0.39 is 0 Å². The van der Waals surface area contributed by atoms with E-state index in [1.165, 1.54) is 5.56 Å². The van der Waals surface area contributed by atoms with Crippen LogP contribution in [0.2, 0.25) is 0 Å². The molecule has 4 nitrogen and oxygen atoms in total. The van der Waals surface area contributed by atoms with Crippen LogP contribution in [0.15, 0.2) is 41.9 Å². The lowest BCUT2D eigenvalue weighted by Crippen LogP contribution is -2.37. The summed E-state index contributed by atoms with van der Waals surface area (Å²) in [5, 5.41) is 6.30. The third-order valence-electron chi connectivity index (χ3n) is 2.41. The van der Waals surface area contributed by atoms with Gasteiger partial charge in [0.15, 0.2) is 5.96 Å². The van der Waals surface area contributed by atoms with Crippen molar-refractivity contribution in [2.24, 2.45) is 4.99 Å². The fraction of sp³-hybridized carbons (Fsp3) is 0.400. The van der Waals surface area contributed by atoms with Crippen LogP contribution in [0.1, 0.15) is 12.5 Å². The summed E-state index contributed by atoms with van der Waals surface area (Å²) in [5.74, 6) is 1.67. The standard InChI is InChI=1S/C15H23N3O.HI/c1-4-10-17-15(16-5-2)18-11-12-19-14-8-6-13(3)7-9-14;/h4,6-9H,1,5,10-12H2,2-3H3,(H2,16,17,18);1H. The molecule has 0 aliphatic heterocycles. The Morgan fingerprint density at radius 2 is 2.00 bits per heavy atom. The van der Waals surface area contributed by atoms with E-state index in [9.17, 15) is 0 Å². The molecule has 0 aliphatic rings. The van der Waals surface area contributed by atoms with Gasteiger partial charge >= 0.3 is 0 Å². The van der Waals surface area contributed by atoms with Crippen LogP contribution in [0.5, 0.6) is 5.75 Å². The quantitative estimate of drug-likeness (QED) is 0.248. The van der Waals surface area contributed by atoms with Crippen LogP contribution < -0.4 is 15.4 Å². The zero-order chi connectivity index (χ0) is 13.9. The third-order valence-corrected chi connectivity index (χ3v) is 2.41. The highest BCUT2D eigenvalue weighted by Gasteiger charge is 1.95. The number of hydrogen-bond donors (Lipinski definition) is 2. The van der Waals surface area contributed by atoms with E-state index in [4.69, 9.17) is 4.74 Å². The lowest BCUT2D eigenvalue weighted by Gasteiger charge is -2.09. The molecule has 0 aliphatic carbocycles. The van der Waals surface area contributed by atoms with Crippen molar-refractivity contribution in [3.63, 3.8) is 0 Å². The first-order valence-electron chi connectivity index (χ1n) is 6.58. The first-order valence-corrected chi connectivity index (χ1v) is 6.58. The molecule has 0 fully saturated rings. The number of benzene rings is 1. The molecular weight excluding hydrogens is 365 g/mol. The summed E-state index contributed by atoms with van der Waals surface area (Å²) in [6.45, 7) is 10.5. The first-order chi connectivity index (χ1) is 9.26. The smallest absolute Gasteiger partial charge is 0.191 e. The van der Waals surface area contributed by atoms with Crippen LogP contribution in [0.25, 0.3) is 0 Å². The monoisotopic (exact) mass is 389 g/mol. The Morgan fingerprint density at radius 1 is 1.30 bits per heavy atom. The maximum Gasteiger partial charge on any atom is 0.191 e. The molecule has 1 rings (SSSR count). The summed E-state index contributed by atoms with van der Waals surface area (Å²) in [4.78, 5) is 4.41. The normalized spacial score (nSPS) is 10.4. The van der Waals surface area contributed by atoms with Crippen LogP contribution in [0.4, 0.5) is 0 Å². The topological polar surface area (TPSA) is 45.7 Å². The minimum Gasteiger partial charge on any atom is -0.492 e.